The summed E-state index contributed by atoms with van der Waals surface area (Å²) in [6, 6.07) is 0. The summed E-state index contributed by atoms with van der Waals surface area (Å²) in [6.45, 7) is 6.32. The van der Waals surface area contributed by atoms with Gasteiger partial charge in [0.1, 0.15) is 0 Å². The van der Waals surface area contributed by atoms with Crippen molar-refractivity contribution in [1.29, 1.82) is 0 Å². The summed E-state index contributed by atoms with van der Waals surface area (Å²) in [5.41, 5.74) is 0. The highest BCUT2D eigenvalue weighted by molar-refractivity contribution is 6.70. The number of hydrogen-bond acceptors (Lipinski definition) is 2. The molecule has 0 spiro atoms. The molecule has 0 fully saturated rings. The Hall–Kier alpha value is -0.793. The van der Waals surface area contributed by atoms with Crippen LogP contribution in [0, 0.1) is 6.26 Å². The van der Waals surface area contributed by atoms with E-state index in [0.29, 0.717) is 5.95 Å². The van der Waals surface area contributed by atoms with E-state index in [9.17, 15) is 0 Å². The lowest BCUT2D eigenvalue weighted by atomic mass is 10.6. The van der Waals surface area contributed by atoms with Gasteiger partial charge < -0.3 is 4.43 Å². The Kier molecular flexibility index (Phi) is 1.79. The maximum absolute atomic E-state index is 5.48. The van der Waals surface area contributed by atoms with Gasteiger partial charge in [-0.3, -0.25) is 0 Å². The van der Waals surface area contributed by atoms with Gasteiger partial charge in [-0.2, -0.15) is 0 Å². The highest BCUT2D eigenvalue weighted by atomic mass is 28.4. The van der Waals surface area contributed by atoms with Crippen molar-refractivity contribution in [2.75, 3.05) is 0 Å². The average molecular weight is 155 g/mol. The normalized spacial score (nSPS) is 15.7. The summed E-state index contributed by atoms with van der Waals surface area (Å²) < 4.78 is 10.4. The van der Waals surface area contributed by atoms with Crippen LogP contribution in [-0.2, 0) is 9.16 Å². The molecule has 0 aliphatic carbocycles. The van der Waals surface area contributed by atoms with E-state index in [0.717, 1.165) is 0 Å². The summed E-state index contributed by atoms with van der Waals surface area (Å²) in [4.78, 5) is 0. The quantitative estimate of drug-likeness (QED) is 0.448. The van der Waals surface area contributed by atoms with Crippen molar-refractivity contribution >= 4 is 8.32 Å². The van der Waals surface area contributed by atoms with Gasteiger partial charge >= 0.3 is 5.95 Å². The molecule has 0 aromatic carbocycles. The van der Waals surface area contributed by atoms with Crippen molar-refractivity contribution in [3.63, 3.8) is 0 Å². The smallest absolute Gasteiger partial charge is 0.437 e. The number of hydrogen-bond donors (Lipinski definition) is 0. The maximum Gasteiger partial charge on any atom is 0.437 e. The van der Waals surface area contributed by atoms with Gasteiger partial charge in [0.05, 0.1) is 0 Å². The van der Waals surface area contributed by atoms with Crippen molar-refractivity contribution in [3.8, 4) is 0 Å². The van der Waals surface area contributed by atoms with Gasteiger partial charge in [0.25, 0.3) is 8.32 Å². The van der Waals surface area contributed by atoms with Crippen molar-refractivity contribution in [1.82, 2.24) is 0 Å². The molecule has 1 rings (SSSR count). The topological polar surface area (TPSA) is 18.5 Å². The SMILES string of the molecule is C[Si](C)(C)OC1=CC=[C+]O1. The van der Waals surface area contributed by atoms with Crippen LogP contribution in [0.3, 0.4) is 0 Å². The first-order valence-corrected chi connectivity index (χ1v) is 6.64. The van der Waals surface area contributed by atoms with Crippen LogP contribution in [0.15, 0.2) is 18.1 Å². The standard InChI is InChI=1S/C7H11O2Si/c1-10(2,3)9-7-5-4-6-8-7/h4-5H,1-3H3/q+1. The molecule has 10 heavy (non-hydrogen) atoms. The van der Waals surface area contributed by atoms with E-state index >= 15 is 0 Å². The van der Waals surface area contributed by atoms with E-state index in [-0.39, 0.29) is 0 Å². The Morgan fingerprint density at radius 3 is 2.60 bits per heavy atom. The number of ether oxygens (including phenoxy) is 1. The molecule has 1 aliphatic heterocycles. The van der Waals surface area contributed by atoms with Gasteiger partial charge in [-0.05, 0) is 19.6 Å². The Balaban J connectivity index is 2.41. The lowest BCUT2D eigenvalue weighted by molar-refractivity contribution is 0.176. The largest absolute Gasteiger partial charge is 0.453 e. The van der Waals surface area contributed by atoms with Gasteiger partial charge in [0.15, 0.2) is 12.2 Å². The van der Waals surface area contributed by atoms with Gasteiger partial charge in [0, 0.05) is 0 Å². The molecular weight excluding hydrogens is 144 g/mol. The van der Waals surface area contributed by atoms with Crippen LogP contribution in [0.1, 0.15) is 0 Å². The summed E-state index contributed by atoms with van der Waals surface area (Å²) in [7, 11) is -1.48. The minimum atomic E-state index is -1.48. The molecule has 0 aromatic heterocycles. The summed E-state index contributed by atoms with van der Waals surface area (Å²) in [6.07, 6.45) is 6.05. The molecule has 0 saturated carbocycles. The molecule has 0 amide bonds. The third-order valence-electron chi connectivity index (χ3n) is 0.854. The molecule has 1 heterocycles. The maximum atomic E-state index is 5.48. The lowest BCUT2D eigenvalue weighted by Crippen LogP contribution is -2.24. The van der Waals surface area contributed by atoms with Gasteiger partial charge in [-0.15, -0.1) is 0 Å². The van der Waals surface area contributed by atoms with Crippen molar-refractivity contribution in [3.05, 3.63) is 24.4 Å². The number of allylic oxidation sites excluding steroid dienone is 2. The zero-order valence-corrected chi connectivity index (χ0v) is 7.47. The fraction of sp³-hybridized carbons (Fsp3) is 0.429. The summed E-state index contributed by atoms with van der Waals surface area (Å²) >= 11 is 0. The predicted molar refractivity (Wildman–Crippen MR) is 41.4 cm³/mol. The van der Waals surface area contributed by atoms with Crippen molar-refractivity contribution in [2.45, 2.75) is 19.6 Å². The molecule has 0 saturated heterocycles. The first-order valence-electron chi connectivity index (χ1n) is 3.23. The third-order valence-corrected chi connectivity index (χ3v) is 1.67. The van der Waals surface area contributed by atoms with Crippen LogP contribution in [-0.4, -0.2) is 8.32 Å². The van der Waals surface area contributed by atoms with E-state index < -0.39 is 8.32 Å². The predicted octanol–water partition coefficient (Wildman–Crippen LogP) is 2.03. The van der Waals surface area contributed by atoms with Gasteiger partial charge in [-0.1, -0.05) is 0 Å². The highest BCUT2D eigenvalue weighted by Crippen LogP contribution is 2.14. The Bertz CT molecular complexity index is 177. The van der Waals surface area contributed by atoms with Crippen molar-refractivity contribution < 1.29 is 9.16 Å². The van der Waals surface area contributed by atoms with E-state index in [2.05, 4.69) is 25.9 Å². The molecule has 0 N–H and O–H groups in total. The minimum absolute atomic E-state index is 0.583. The molecule has 0 radical (unpaired) electrons. The summed E-state index contributed by atoms with van der Waals surface area (Å²) in [5, 5.41) is 0. The molecule has 3 heteroatoms. The molecule has 0 bridgehead atoms. The van der Waals surface area contributed by atoms with Crippen LogP contribution in [0.5, 0.6) is 0 Å². The Labute approximate surface area is 62.3 Å². The zero-order chi connectivity index (χ0) is 7.61. The lowest BCUT2D eigenvalue weighted by Gasteiger charge is -2.12. The third kappa shape index (κ3) is 2.21. The molecule has 1 aliphatic rings. The second-order valence-electron chi connectivity index (χ2n) is 3.09. The van der Waals surface area contributed by atoms with Gasteiger partial charge in [-0.25, -0.2) is 4.74 Å². The molecule has 0 aromatic rings. The van der Waals surface area contributed by atoms with Gasteiger partial charge in [0.2, 0.25) is 6.26 Å². The monoisotopic (exact) mass is 155 g/mol. The molecule has 0 atom stereocenters. The first kappa shape index (κ1) is 7.32. The van der Waals surface area contributed by atoms with Crippen LogP contribution in [0.2, 0.25) is 19.6 Å². The van der Waals surface area contributed by atoms with E-state index in [1.807, 2.05) is 0 Å². The van der Waals surface area contributed by atoms with Crippen molar-refractivity contribution in [2.24, 2.45) is 0 Å². The van der Waals surface area contributed by atoms with E-state index in [1.165, 1.54) is 0 Å². The fourth-order valence-electron chi connectivity index (χ4n) is 0.585. The highest BCUT2D eigenvalue weighted by Gasteiger charge is 2.25. The van der Waals surface area contributed by atoms with Crippen LogP contribution in [0.4, 0.5) is 0 Å². The second-order valence-corrected chi connectivity index (χ2v) is 7.52. The second kappa shape index (κ2) is 2.44. The fourth-order valence-corrected chi connectivity index (χ4v) is 1.30. The Morgan fingerprint density at radius 2 is 2.20 bits per heavy atom. The summed E-state index contributed by atoms with van der Waals surface area (Å²) in [5.74, 6) is 0.583. The Morgan fingerprint density at radius 1 is 1.50 bits per heavy atom. The molecular formula is C7H11O2Si+. The first-order chi connectivity index (χ1) is 4.58. The van der Waals surface area contributed by atoms with Crippen LogP contribution >= 0.6 is 0 Å². The minimum Gasteiger partial charge on any atom is -0.453 e. The molecule has 0 unspecified atom stereocenters. The average Bonchev–Trinajstić information content (AvgIpc) is 2.12. The molecule has 2 nitrogen and oxygen atoms in total. The van der Waals surface area contributed by atoms with E-state index in [1.54, 1.807) is 12.2 Å². The molecule has 54 valence electrons. The van der Waals surface area contributed by atoms with E-state index in [4.69, 9.17) is 9.16 Å². The zero-order valence-electron chi connectivity index (χ0n) is 6.47. The van der Waals surface area contributed by atoms with Crippen LogP contribution < -0.4 is 0 Å². The van der Waals surface area contributed by atoms with Crippen LogP contribution in [0.25, 0.3) is 0 Å². The number of rotatable bonds is 2.